The maximum absolute atomic E-state index is 5.50. The monoisotopic (exact) mass is 461 g/mol. The number of nitrogens with zero attached hydrogens (tertiary/aromatic N) is 1. The summed E-state index contributed by atoms with van der Waals surface area (Å²) in [6.07, 6.45) is 3.67. The van der Waals surface area contributed by atoms with Crippen LogP contribution >= 0.6 is 24.0 Å². The lowest BCUT2D eigenvalue weighted by Gasteiger charge is -2.19. The molecule has 0 saturated heterocycles. The summed E-state index contributed by atoms with van der Waals surface area (Å²) in [7, 11) is 3.52. The van der Waals surface area contributed by atoms with Gasteiger partial charge in [0.25, 0.3) is 0 Å². The average molecular weight is 461 g/mol. The van der Waals surface area contributed by atoms with Gasteiger partial charge in [0.15, 0.2) is 5.96 Å². The number of guanidine groups is 1. The van der Waals surface area contributed by atoms with Gasteiger partial charge in [0, 0.05) is 38.9 Å². The number of rotatable bonds is 9. The number of hydrogen-bond acceptors (Lipinski definition) is 3. The highest BCUT2D eigenvalue weighted by atomic mass is 127. The molecule has 0 radical (unpaired) electrons. The first-order valence-corrected chi connectivity index (χ1v) is 8.78. The molecule has 1 aliphatic rings. The molecule has 2 rings (SSSR count). The molecular weight excluding hydrogens is 429 g/mol. The largest absolute Gasteiger partial charge is 0.496 e. The number of ether oxygens (including phenoxy) is 2. The Morgan fingerprint density at radius 1 is 1.28 bits per heavy atom. The van der Waals surface area contributed by atoms with Crippen LogP contribution in [0.25, 0.3) is 0 Å². The molecule has 6 heteroatoms. The van der Waals surface area contributed by atoms with Gasteiger partial charge in [-0.3, -0.25) is 4.99 Å². The lowest BCUT2D eigenvalue weighted by molar-refractivity contribution is 0.128. The van der Waals surface area contributed by atoms with Gasteiger partial charge in [-0.05, 0) is 50.2 Å². The number of aliphatic imine (C=N–C) groups is 1. The van der Waals surface area contributed by atoms with E-state index in [-0.39, 0.29) is 24.0 Å². The summed E-state index contributed by atoms with van der Waals surface area (Å²) in [5.74, 6) is 1.74. The molecule has 0 atom stereocenters. The van der Waals surface area contributed by atoms with E-state index in [2.05, 4.69) is 40.7 Å². The normalized spacial score (nSPS) is 15.3. The Hall–Kier alpha value is -1.02. The predicted molar refractivity (Wildman–Crippen MR) is 114 cm³/mol. The van der Waals surface area contributed by atoms with Crippen LogP contribution in [0.15, 0.2) is 23.2 Å². The van der Waals surface area contributed by atoms with Crippen LogP contribution in [0.5, 0.6) is 5.75 Å². The van der Waals surface area contributed by atoms with Crippen LogP contribution in [0.1, 0.15) is 37.3 Å². The maximum Gasteiger partial charge on any atom is 0.191 e. The molecule has 1 aliphatic carbocycles. The summed E-state index contributed by atoms with van der Waals surface area (Å²) < 4.78 is 11.0. The van der Waals surface area contributed by atoms with E-state index in [4.69, 9.17) is 9.47 Å². The van der Waals surface area contributed by atoms with Crippen molar-refractivity contribution in [3.8, 4) is 5.75 Å². The van der Waals surface area contributed by atoms with Crippen LogP contribution < -0.4 is 15.4 Å². The van der Waals surface area contributed by atoms with E-state index in [1.54, 1.807) is 7.11 Å². The number of methoxy groups -OCH3 is 1. The second-order valence-electron chi connectivity index (χ2n) is 6.54. The van der Waals surface area contributed by atoms with E-state index < -0.39 is 0 Å². The minimum absolute atomic E-state index is 0. The van der Waals surface area contributed by atoms with Crippen LogP contribution in [0.2, 0.25) is 0 Å². The third-order valence-electron chi connectivity index (χ3n) is 4.68. The van der Waals surface area contributed by atoms with Gasteiger partial charge < -0.3 is 20.1 Å². The summed E-state index contributed by atoms with van der Waals surface area (Å²) in [5.41, 5.74) is 2.72. The van der Waals surface area contributed by atoms with E-state index in [1.165, 1.54) is 18.4 Å². The molecule has 0 bridgehead atoms. The molecule has 1 aromatic rings. The van der Waals surface area contributed by atoms with Crippen LogP contribution in [0.4, 0.5) is 0 Å². The fourth-order valence-corrected chi connectivity index (χ4v) is 2.79. The van der Waals surface area contributed by atoms with E-state index >= 15 is 0 Å². The third kappa shape index (κ3) is 7.01. The Labute approximate surface area is 169 Å². The lowest BCUT2D eigenvalue weighted by Crippen LogP contribution is -2.40. The topological polar surface area (TPSA) is 54.9 Å². The molecule has 1 fully saturated rings. The van der Waals surface area contributed by atoms with Crippen LogP contribution in [-0.2, 0) is 11.3 Å². The minimum atomic E-state index is 0. The first-order chi connectivity index (χ1) is 11.6. The van der Waals surface area contributed by atoms with Crippen molar-refractivity contribution in [1.82, 2.24) is 10.6 Å². The second-order valence-corrected chi connectivity index (χ2v) is 6.54. The Kier molecular flexibility index (Phi) is 9.56. The van der Waals surface area contributed by atoms with Crippen LogP contribution in [0, 0.1) is 12.3 Å². The molecule has 0 spiro atoms. The molecule has 0 heterocycles. The molecule has 1 saturated carbocycles. The van der Waals surface area contributed by atoms with Gasteiger partial charge in [-0.2, -0.15) is 0 Å². The fraction of sp³-hybridized carbons (Fsp3) is 0.632. The highest BCUT2D eigenvalue weighted by Crippen LogP contribution is 2.48. The van der Waals surface area contributed by atoms with Gasteiger partial charge in [0.2, 0.25) is 0 Å². The molecule has 0 aromatic heterocycles. The molecule has 5 nitrogen and oxygen atoms in total. The van der Waals surface area contributed by atoms with Gasteiger partial charge >= 0.3 is 0 Å². The molecule has 25 heavy (non-hydrogen) atoms. The first-order valence-electron chi connectivity index (χ1n) is 8.78. The highest BCUT2D eigenvalue weighted by Gasteiger charge is 2.41. The van der Waals surface area contributed by atoms with Crippen molar-refractivity contribution in [1.29, 1.82) is 0 Å². The first kappa shape index (κ1) is 22.0. The third-order valence-corrected chi connectivity index (χ3v) is 4.68. The average Bonchev–Trinajstić information content (AvgIpc) is 3.36. The standard InChI is InChI=1S/C19H31N3O2.HI/c1-5-24-11-10-19(8-9-19)14-22-18(20-3)21-13-16-7-6-15(2)12-17(16)23-4;/h6-7,12H,5,8-11,13-14H2,1-4H3,(H2,20,21,22);1H. The van der Waals surface area contributed by atoms with Crippen molar-refractivity contribution in [3.05, 3.63) is 29.3 Å². The SMILES string of the molecule is CCOCCC1(CNC(=NC)NCc2ccc(C)cc2OC)CC1.I. The van der Waals surface area contributed by atoms with Crippen molar-refractivity contribution >= 4 is 29.9 Å². The van der Waals surface area contributed by atoms with E-state index in [9.17, 15) is 0 Å². The summed E-state index contributed by atoms with van der Waals surface area (Å²) in [4.78, 5) is 4.33. The van der Waals surface area contributed by atoms with Crippen molar-refractivity contribution in [2.45, 2.75) is 39.7 Å². The zero-order chi connectivity index (χ0) is 17.4. The highest BCUT2D eigenvalue weighted by molar-refractivity contribution is 14.0. The molecular formula is C19H32IN3O2. The Morgan fingerprint density at radius 2 is 2.04 bits per heavy atom. The molecule has 142 valence electrons. The van der Waals surface area contributed by atoms with Crippen molar-refractivity contribution < 1.29 is 9.47 Å². The molecule has 0 unspecified atom stereocenters. The van der Waals surface area contributed by atoms with Gasteiger partial charge in [0.1, 0.15) is 5.75 Å². The van der Waals surface area contributed by atoms with E-state index in [0.717, 1.165) is 43.5 Å². The molecule has 0 amide bonds. The zero-order valence-electron chi connectivity index (χ0n) is 15.9. The van der Waals surface area contributed by atoms with Crippen molar-refractivity contribution in [2.24, 2.45) is 10.4 Å². The lowest BCUT2D eigenvalue weighted by atomic mass is 10.0. The number of hydrogen-bond donors (Lipinski definition) is 2. The Balaban J connectivity index is 0.00000312. The van der Waals surface area contributed by atoms with Gasteiger partial charge in [0.05, 0.1) is 7.11 Å². The van der Waals surface area contributed by atoms with Crippen LogP contribution in [0.3, 0.4) is 0 Å². The van der Waals surface area contributed by atoms with Gasteiger partial charge in [-0.25, -0.2) is 0 Å². The smallest absolute Gasteiger partial charge is 0.191 e. The maximum atomic E-state index is 5.50. The second kappa shape index (κ2) is 10.9. The molecule has 1 aromatic carbocycles. The number of nitrogens with one attached hydrogen (secondary N) is 2. The van der Waals surface area contributed by atoms with E-state index in [0.29, 0.717) is 12.0 Å². The summed E-state index contributed by atoms with van der Waals surface area (Å²) in [6.45, 7) is 7.40. The Bertz CT molecular complexity index is 560. The van der Waals surface area contributed by atoms with Crippen molar-refractivity contribution in [2.75, 3.05) is 33.9 Å². The summed E-state index contributed by atoms with van der Waals surface area (Å²) in [6, 6.07) is 6.25. The zero-order valence-corrected chi connectivity index (χ0v) is 18.2. The van der Waals surface area contributed by atoms with Crippen molar-refractivity contribution in [3.63, 3.8) is 0 Å². The molecule has 0 aliphatic heterocycles. The summed E-state index contributed by atoms with van der Waals surface area (Å²) >= 11 is 0. The molecule has 2 N–H and O–H groups in total. The minimum Gasteiger partial charge on any atom is -0.496 e. The number of aryl methyl sites for hydroxylation is 1. The van der Waals surface area contributed by atoms with Gasteiger partial charge in [-0.1, -0.05) is 12.1 Å². The van der Waals surface area contributed by atoms with Crippen LogP contribution in [-0.4, -0.2) is 39.9 Å². The number of halogens is 1. The quantitative estimate of drug-likeness (QED) is 0.256. The fourth-order valence-electron chi connectivity index (χ4n) is 2.79. The van der Waals surface area contributed by atoms with E-state index in [1.807, 2.05) is 14.0 Å². The van der Waals surface area contributed by atoms with Gasteiger partial charge in [-0.15, -0.1) is 24.0 Å². The summed E-state index contributed by atoms with van der Waals surface area (Å²) in [5, 5.41) is 6.84. The number of benzene rings is 1. The predicted octanol–water partition coefficient (Wildman–Crippen LogP) is 3.49. The Morgan fingerprint density at radius 3 is 2.64 bits per heavy atom.